The number of nitrogens with zero attached hydrogens (tertiary/aromatic N) is 1. The Balaban J connectivity index is 1.75. The number of carbonyl (C=O) groups excluding carboxylic acids is 2. The van der Waals surface area contributed by atoms with Crippen molar-refractivity contribution in [1.82, 2.24) is 10.4 Å². The van der Waals surface area contributed by atoms with Gasteiger partial charge in [0, 0.05) is 19.5 Å². The zero-order valence-corrected chi connectivity index (χ0v) is 17.8. The van der Waals surface area contributed by atoms with Crippen molar-refractivity contribution < 1.29 is 19.5 Å². The molecule has 1 aromatic rings. The van der Waals surface area contributed by atoms with Gasteiger partial charge in [0.15, 0.2) is 0 Å². The van der Waals surface area contributed by atoms with E-state index in [2.05, 4.69) is 0 Å². The molecule has 2 amide bonds. The summed E-state index contributed by atoms with van der Waals surface area (Å²) in [4.78, 5) is 25.6. The number of benzene rings is 1. The van der Waals surface area contributed by atoms with Gasteiger partial charge in [-0.05, 0) is 76.5 Å². The highest BCUT2D eigenvalue weighted by Crippen LogP contribution is 2.23. The molecule has 7 nitrogen and oxygen atoms in total. The summed E-state index contributed by atoms with van der Waals surface area (Å²) in [6, 6.07) is 7.21. The van der Waals surface area contributed by atoms with Crippen LogP contribution in [0.2, 0.25) is 0 Å². The van der Waals surface area contributed by atoms with Crippen LogP contribution < -0.4 is 16.0 Å². The number of nitrogens with one attached hydrogen (secondary N) is 1. The lowest BCUT2D eigenvalue weighted by Gasteiger charge is -2.33. The lowest BCUT2D eigenvalue weighted by molar-refractivity contribution is -0.134. The number of likely N-dealkylation sites (tertiary alicyclic amines) is 1. The summed E-state index contributed by atoms with van der Waals surface area (Å²) in [5, 5.41) is 8.52. The topological polar surface area (TPSA) is 105 Å². The molecule has 0 aromatic heterocycles. The molecule has 2 rings (SSSR count). The first kappa shape index (κ1) is 23.2. The minimum absolute atomic E-state index is 0.00173. The predicted molar refractivity (Wildman–Crippen MR) is 112 cm³/mol. The number of hydrogen-bond donors (Lipinski definition) is 3. The van der Waals surface area contributed by atoms with Gasteiger partial charge in [0.1, 0.15) is 11.4 Å². The molecule has 4 N–H and O–H groups in total. The Morgan fingerprint density at radius 1 is 1.24 bits per heavy atom. The molecular formula is C22H35N3O4. The van der Waals surface area contributed by atoms with Gasteiger partial charge in [-0.1, -0.05) is 12.1 Å². The van der Waals surface area contributed by atoms with Gasteiger partial charge >= 0.3 is 0 Å². The Kier molecular flexibility index (Phi) is 8.46. The molecule has 0 aliphatic carbocycles. The van der Waals surface area contributed by atoms with E-state index in [9.17, 15) is 9.59 Å². The number of ether oxygens (including phenoxy) is 1. The van der Waals surface area contributed by atoms with Crippen molar-refractivity contribution in [2.45, 2.75) is 70.9 Å². The van der Waals surface area contributed by atoms with Crippen LogP contribution in [-0.2, 0) is 16.0 Å². The molecule has 1 heterocycles. The van der Waals surface area contributed by atoms with Crippen LogP contribution in [-0.4, -0.2) is 46.7 Å². The Bertz CT molecular complexity index is 662. The third-order valence-electron chi connectivity index (χ3n) is 5.19. The standard InChI is InChI=1S/C22H35N3O4/c1-22(2,3)29-18-9-7-17(8-10-18)15-19(23)21(27)25-13-11-16(12-14-25)5-4-6-20(26)24-28/h7-10,16,19,28H,4-6,11-15,23H2,1-3H3,(H,24,26). The third-order valence-corrected chi connectivity index (χ3v) is 5.19. The molecule has 1 aromatic carbocycles. The van der Waals surface area contributed by atoms with Crippen molar-refractivity contribution in [3.8, 4) is 5.75 Å². The van der Waals surface area contributed by atoms with E-state index in [0.717, 1.165) is 37.0 Å². The fourth-order valence-electron chi connectivity index (χ4n) is 3.67. The first-order chi connectivity index (χ1) is 13.7. The summed E-state index contributed by atoms with van der Waals surface area (Å²) in [6.07, 6.45) is 4.38. The summed E-state index contributed by atoms with van der Waals surface area (Å²) in [6.45, 7) is 7.43. The zero-order chi connectivity index (χ0) is 21.4. The summed E-state index contributed by atoms with van der Waals surface area (Å²) in [7, 11) is 0. The monoisotopic (exact) mass is 405 g/mol. The van der Waals surface area contributed by atoms with Crippen molar-refractivity contribution in [1.29, 1.82) is 0 Å². The first-order valence-electron chi connectivity index (χ1n) is 10.4. The third kappa shape index (κ3) is 8.03. The van der Waals surface area contributed by atoms with E-state index in [-0.39, 0.29) is 17.4 Å². The Morgan fingerprint density at radius 3 is 2.41 bits per heavy atom. The van der Waals surface area contributed by atoms with E-state index in [1.807, 2.05) is 49.9 Å². The van der Waals surface area contributed by atoms with Crippen LogP contribution in [0, 0.1) is 5.92 Å². The van der Waals surface area contributed by atoms with Crippen molar-refractivity contribution in [2.24, 2.45) is 11.7 Å². The molecule has 162 valence electrons. The van der Waals surface area contributed by atoms with Crippen molar-refractivity contribution >= 4 is 11.8 Å². The normalized spacial score (nSPS) is 16.4. The van der Waals surface area contributed by atoms with E-state index in [0.29, 0.717) is 31.8 Å². The maximum atomic E-state index is 12.7. The molecule has 0 radical (unpaired) electrons. The van der Waals surface area contributed by atoms with Crippen molar-refractivity contribution in [3.05, 3.63) is 29.8 Å². The quantitative estimate of drug-likeness (QED) is 0.455. The molecule has 1 aliphatic rings. The van der Waals surface area contributed by atoms with Crippen LogP contribution in [0.25, 0.3) is 0 Å². The fourth-order valence-corrected chi connectivity index (χ4v) is 3.67. The van der Waals surface area contributed by atoms with Gasteiger partial charge in [0.25, 0.3) is 0 Å². The fraction of sp³-hybridized carbons (Fsp3) is 0.636. The number of hydroxylamine groups is 1. The lowest BCUT2D eigenvalue weighted by Crippen LogP contribution is -2.48. The highest BCUT2D eigenvalue weighted by Gasteiger charge is 2.26. The number of nitrogens with two attached hydrogens (primary N) is 1. The van der Waals surface area contributed by atoms with Crippen LogP contribution in [0.5, 0.6) is 5.75 Å². The van der Waals surface area contributed by atoms with Gasteiger partial charge in [-0.2, -0.15) is 0 Å². The summed E-state index contributed by atoms with van der Waals surface area (Å²) in [5.74, 6) is 0.969. The van der Waals surface area contributed by atoms with Gasteiger partial charge in [-0.25, -0.2) is 5.48 Å². The molecule has 7 heteroatoms. The number of carbonyl (C=O) groups is 2. The van der Waals surface area contributed by atoms with E-state index in [1.165, 1.54) is 0 Å². The Hall–Kier alpha value is -2.12. The molecular weight excluding hydrogens is 370 g/mol. The number of hydrogen-bond acceptors (Lipinski definition) is 5. The van der Waals surface area contributed by atoms with Gasteiger partial charge in [-0.3, -0.25) is 14.8 Å². The molecule has 0 spiro atoms. The highest BCUT2D eigenvalue weighted by atomic mass is 16.5. The minimum atomic E-state index is -0.547. The smallest absolute Gasteiger partial charge is 0.243 e. The number of amides is 2. The van der Waals surface area contributed by atoms with Crippen molar-refractivity contribution in [3.63, 3.8) is 0 Å². The summed E-state index contributed by atoms with van der Waals surface area (Å²) >= 11 is 0. The second-order valence-electron chi connectivity index (χ2n) is 8.86. The summed E-state index contributed by atoms with van der Waals surface area (Å²) in [5.41, 5.74) is 8.62. The van der Waals surface area contributed by atoms with Gasteiger partial charge in [0.2, 0.25) is 11.8 Å². The maximum Gasteiger partial charge on any atom is 0.243 e. The summed E-state index contributed by atoms with van der Waals surface area (Å²) < 4.78 is 5.82. The maximum absolute atomic E-state index is 12.7. The Labute approximate surface area is 173 Å². The molecule has 1 saturated heterocycles. The SMILES string of the molecule is CC(C)(C)Oc1ccc(CC(N)C(=O)N2CCC(CCCC(=O)NO)CC2)cc1. The molecule has 0 bridgehead atoms. The second-order valence-corrected chi connectivity index (χ2v) is 8.86. The average molecular weight is 406 g/mol. The predicted octanol–water partition coefficient (Wildman–Crippen LogP) is 2.65. The molecule has 1 atom stereocenters. The van der Waals surface area contributed by atoms with Crippen LogP contribution in [0.3, 0.4) is 0 Å². The van der Waals surface area contributed by atoms with Crippen molar-refractivity contribution in [2.75, 3.05) is 13.1 Å². The van der Waals surface area contributed by atoms with E-state index < -0.39 is 6.04 Å². The van der Waals surface area contributed by atoms with E-state index in [4.69, 9.17) is 15.7 Å². The Morgan fingerprint density at radius 2 is 1.86 bits per heavy atom. The van der Waals surface area contributed by atoms with Crippen LogP contribution >= 0.6 is 0 Å². The minimum Gasteiger partial charge on any atom is -0.488 e. The average Bonchev–Trinajstić information content (AvgIpc) is 2.68. The lowest BCUT2D eigenvalue weighted by atomic mass is 9.91. The van der Waals surface area contributed by atoms with E-state index in [1.54, 1.807) is 5.48 Å². The van der Waals surface area contributed by atoms with Crippen LogP contribution in [0.15, 0.2) is 24.3 Å². The first-order valence-corrected chi connectivity index (χ1v) is 10.4. The molecule has 1 fully saturated rings. The molecule has 1 unspecified atom stereocenters. The van der Waals surface area contributed by atoms with Crippen LogP contribution in [0.1, 0.15) is 58.4 Å². The molecule has 1 aliphatic heterocycles. The highest BCUT2D eigenvalue weighted by molar-refractivity contribution is 5.82. The zero-order valence-electron chi connectivity index (χ0n) is 17.8. The van der Waals surface area contributed by atoms with E-state index >= 15 is 0 Å². The number of rotatable bonds is 8. The largest absolute Gasteiger partial charge is 0.488 e. The number of piperidine rings is 1. The second kappa shape index (κ2) is 10.6. The van der Waals surface area contributed by atoms with Gasteiger partial charge < -0.3 is 15.4 Å². The van der Waals surface area contributed by atoms with Crippen LogP contribution in [0.4, 0.5) is 0 Å². The van der Waals surface area contributed by atoms with Gasteiger partial charge in [0.05, 0.1) is 6.04 Å². The molecule has 29 heavy (non-hydrogen) atoms. The van der Waals surface area contributed by atoms with Gasteiger partial charge in [-0.15, -0.1) is 0 Å². The molecule has 0 saturated carbocycles.